The molecule has 80 valence electrons. The quantitative estimate of drug-likeness (QED) is 0.637. The van der Waals surface area contributed by atoms with E-state index in [1.54, 1.807) is 30.3 Å². The van der Waals surface area contributed by atoms with Crippen LogP contribution in [0.5, 0.6) is 0 Å². The molecule has 2 nitrogen and oxygen atoms in total. The summed E-state index contributed by atoms with van der Waals surface area (Å²) in [5, 5.41) is 0.383. The predicted octanol–water partition coefficient (Wildman–Crippen LogP) is 3.15. The van der Waals surface area contributed by atoms with Crippen LogP contribution >= 0.6 is 11.6 Å². The summed E-state index contributed by atoms with van der Waals surface area (Å²) in [5.74, 6) is -0.0920. The zero-order valence-electron chi connectivity index (χ0n) is 8.48. The maximum absolute atomic E-state index is 12.1. The molecular weight excluding hydrogens is 222 g/mol. The molecule has 0 aliphatic rings. The van der Waals surface area contributed by atoms with E-state index in [4.69, 9.17) is 17.3 Å². The first-order valence-corrected chi connectivity index (χ1v) is 5.21. The predicted molar refractivity (Wildman–Crippen MR) is 65.7 cm³/mol. The molecule has 2 aromatic carbocycles. The first-order chi connectivity index (χ1) is 7.68. The summed E-state index contributed by atoms with van der Waals surface area (Å²) in [7, 11) is 0. The minimum absolute atomic E-state index is 0.0920. The summed E-state index contributed by atoms with van der Waals surface area (Å²) < 4.78 is 0. The third kappa shape index (κ3) is 2.07. The van der Waals surface area contributed by atoms with Crippen LogP contribution in [-0.4, -0.2) is 5.78 Å². The molecule has 0 aliphatic heterocycles. The first kappa shape index (κ1) is 10.7. The van der Waals surface area contributed by atoms with Crippen LogP contribution in [0, 0.1) is 0 Å². The van der Waals surface area contributed by atoms with Gasteiger partial charge >= 0.3 is 0 Å². The summed E-state index contributed by atoms with van der Waals surface area (Å²) in [6.07, 6.45) is 0. The Morgan fingerprint density at radius 2 is 1.75 bits per heavy atom. The normalized spacial score (nSPS) is 10.1. The topological polar surface area (TPSA) is 43.1 Å². The Morgan fingerprint density at radius 3 is 2.38 bits per heavy atom. The van der Waals surface area contributed by atoms with E-state index in [1.807, 2.05) is 18.2 Å². The molecule has 2 N–H and O–H groups in total. The molecule has 3 heteroatoms. The summed E-state index contributed by atoms with van der Waals surface area (Å²) in [6.45, 7) is 0. The van der Waals surface area contributed by atoms with Crippen LogP contribution in [0.4, 0.5) is 5.69 Å². The Balaban J connectivity index is 2.42. The number of benzene rings is 2. The molecule has 0 aliphatic carbocycles. The maximum atomic E-state index is 12.1. The zero-order chi connectivity index (χ0) is 11.5. The molecule has 0 heterocycles. The summed E-state index contributed by atoms with van der Waals surface area (Å²) in [6, 6.07) is 13.9. The summed E-state index contributed by atoms with van der Waals surface area (Å²) in [5.41, 5.74) is 7.21. The second-order valence-electron chi connectivity index (χ2n) is 3.43. The van der Waals surface area contributed by atoms with Crippen molar-refractivity contribution in [2.45, 2.75) is 0 Å². The van der Waals surface area contributed by atoms with Crippen LogP contribution in [0.25, 0.3) is 0 Å². The molecule has 0 spiro atoms. The number of nitrogen functional groups attached to an aromatic ring is 1. The largest absolute Gasteiger partial charge is 0.399 e. The van der Waals surface area contributed by atoms with Crippen molar-refractivity contribution >= 4 is 23.1 Å². The Labute approximate surface area is 98.7 Å². The van der Waals surface area contributed by atoms with Crippen LogP contribution in [0.15, 0.2) is 48.5 Å². The van der Waals surface area contributed by atoms with E-state index in [9.17, 15) is 4.79 Å². The second kappa shape index (κ2) is 4.37. The van der Waals surface area contributed by atoms with E-state index in [0.29, 0.717) is 21.8 Å². The lowest BCUT2D eigenvalue weighted by molar-refractivity contribution is 0.103. The molecular formula is C13H10ClNO. The van der Waals surface area contributed by atoms with Gasteiger partial charge < -0.3 is 5.73 Å². The smallest absolute Gasteiger partial charge is 0.194 e. The van der Waals surface area contributed by atoms with Gasteiger partial charge in [-0.05, 0) is 18.2 Å². The molecule has 0 atom stereocenters. The molecule has 0 saturated carbocycles. The summed E-state index contributed by atoms with van der Waals surface area (Å²) in [4.78, 5) is 12.1. The first-order valence-electron chi connectivity index (χ1n) is 4.83. The number of nitrogens with two attached hydrogens (primary N) is 1. The number of hydrogen-bond donors (Lipinski definition) is 1. The van der Waals surface area contributed by atoms with E-state index in [2.05, 4.69) is 0 Å². The van der Waals surface area contributed by atoms with Crippen LogP contribution < -0.4 is 5.73 Å². The fourth-order valence-electron chi connectivity index (χ4n) is 1.46. The van der Waals surface area contributed by atoms with Gasteiger partial charge in [-0.1, -0.05) is 41.9 Å². The summed E-state index contributed by atoms with van der Waals surface area (Å²) >= 11 is 5.97. The molecule has 0 unspecified atom stereocenters. The van der Waals surface area contributed by atoms with Gasteiger partial charge in [-0.3, -0.25) is 4.79 Å². The van der Waals surface area contributed by atoms with E-state index in [1.165, 1.54) is 0 Å². The highest BCUT2D eigenvalue weighted by Gasteiger charge is 2.12. The van der Waals surface area contributed by atoms with Crippen molar-refractivity contribution in [1.29, 1.82) is 0 Å². The van der Waals surface area contributed by atoms with E-state index >= 15 is 0 Å². The van der Waals surface area contributed by atoms with Gasteiger partial charge in [-0.15, -0.1) is 0 Å². The average molecular weight is 232 g/mol. The monoisotopic (exact) mass is 231 g/mol. The number of halogens is 1. The maximum Gasteiger partial charge on any atom is 0.194 e. The Morgan fingerprint density at radius 1 is 1.06 bits per heavy atom. The van der Waals surface area contributed by atoms with Crippen molar-refractivity contribution in [2.24, 2.45) is 0 Å². The van der Waals surface area contributed by atoms with Crippen LogP contribution in [0.3, 0.4) is 0 Å². The highest BCUT2D eigenvalue weighted by atomic mass is 35.5. The van der Waals surface area contributed by atoms with Crippen molar-refractivity contribution in [1.82, 2.24) is 0 Å². The Bertz CT molecular complexity index is 523. The lowest BCUT2D eigenvalue weighted by atomic mass is 10.0. The van der Waals surface area contributed by atoms with E-state index in [-0.39, 0.29) is 5.78 Å². The van der Waals surface area contributed by atoms with Crippen molar-refractivity contribution in [2.75, 3.05) is 5.73 Å². The highest BCUT2D eigenvalue weighted by Crippen LogP contribution is 2.21. The second-order valence-corrected chi connectivity index (χ2v) is 3.84. The SMILES string of the molecule is Nc1ccc(C(=O)c2ccccc2)c(Cl)c1. The van der Waals surface area contributed by atoms with Gasteiger partial charge in [0.15, 0.2) is 5.78 Å². The van der Waals surface area contributed by atoms with Gasteiger partial charge in [0.25, 0.3) is 0 Å². The Kier molecular flexibility index (Phi) is 2.93. The third-order valence-electron chi connectivity index (χ3n) is 2.27. The van der Waals surface area contributed by atoms with Gasteiger partial charge in [0.05, 0.1) is 5.02 Å². The molecule has 2 rings (SSSR count). The molecule has 16 heavy (non-hydrogen) atoms. The molecule has 0 aromatic heterocycles. The standard InChI is InChI=1S/C13H10ClNO/c14-12-8-10(15)6-7-11(12)13(16)9-4-2-1-3-5-9/h1-8H,15H2. The number of hydrogen-bond acceptors (Lipinski definition) is 2. The molecule has 0 radical (unpaired) electrons. The van der Waals surface area contributed by atoms with Crippen LogP contribution in [0.1, 0.15) is 15.9 Å². The van der Waals surface area contributed by atoms with Gasteiger partial charge in [0.2, 0.25) is 0 Å². The highest BCUT2D eigenvalue weighted by molar-refractivity contribution is 6.35. The van der Waals surface area contributed by atoms with Crippen molar-refractivity contribution in [3.8, 4) is 0 Å². The number of carbonyl (C=O) groups excluding carboxylic acids is 1. The fourth-order valence-corrected chi connectivity index (χ4v) is 1.74. The van der Waals surface area contributed by atoms with Crippen molar-refractivity contribution in [3.05, 3.63) is 64.7 Å². The van der Waals surface area contributed by atoms with E-state index in [0.717, 1.165) is 0 Å². The van der Waals surface area contributed by atoms with Crippen molar-refractivity contribution in [3.63, 3.8) is 0 Å². The lowest BCUT2D eigenvalue weighted by Crippen LogP contribution is -2.02. The molecule has 0 saturated heterocycles. The average Bonchev–Trinajstić information content (AvgIpc) is 2.29. The third-order valence-corrected chi connectivity index (χ3v) is 2.59. The van der Waals surface area contributed by atoms with E-state index < -0.39 is 0 Å². The number of anilines is 1. The number of rotatable bonds is 2. The molecule has 0 fully saturated rings. The van der Waals surface area contributed by atoms with Crippen LogP contribution in [0.2, 0.25) is 5.02 Å². The van der Waals surface area contributed by atoms with Gasteiger partial charge in [-0.25, -0.2) is 0 Å². The molecule has 2 aromatic rings. The van der Waals surface area contributed by atoms with Gasteiger partial charge in [0.1, 0.15) is 0 Å². The van der Waals surface area contributed by atoms with Gasteiger partial charge in [-0.2, -0.15) is 0 Å². The van der Waals surface area contributed by atoms with Crippen LogP contribution in [-0.2, 0) is 0 Å². The molecule has 0 bridgehead atoms. The van der Waals surface area contributed by atoms with Gasteiger partial charge in [0, 0.05) is 16.8 Å². The lowest BCUT2D eigenvalue weighted by Gasteiger charge is -2.04. The minimum atomic E-state index is -0.0920. The zero-order valence-corrected chi connectivity index (χ0v) is 9.24. The van der Waals surface area contributed by atoms with Crippen molar-refractivity contribution < 1.29 is 4.79 Å². The number of carbonyl (C=O) groups is 1. The molecule has 0 amide bonds. The fraction of sp³-hybridized carbons (Fsp3) is 0. The number of ketones is 1. The minimum Gasteiger partial charge on any atom is -0.399 e. The Hall–Kier alpha value is -1.80.